The molecule has 0 aliphatic carbocycles. The lowest BCUT2D eigenvalue weighted by Crippen LogP contribution is -2.40. The standard InChI is InChI=1S/C16H26N2O/c1-3-10-19-15-8-5-9-18(12-15)16-13(2)6-4-7-14(16)11-17/h4,6-7,15H,3,5,8-12,17H2,1-2H3. The molecule has 1 unspecified atom stereocenters. The summed E-state index contributed by atoms with van der Waals surface area (Å²) < 4.78 is 5.92. The Labute approximate surface area is 116 Å². The van der Waals surface area contributed by atoms with Gasteiger partial charge in [-0.05, 0) is 37.3 Å². The van der Waals surface area contributed by atoms with Crippen LogP contribution in [0.4, 0.5) is 5.69 Å². The van der Waals surface area contributed by atoms with Crippen LogP contribution < -0.4 is 10.6 Å². The Bertz CT molecular complexity index is 406. The molecule has 0 spiro atoms. The Balaban J connectivity index is 2.12. The van der Waals surface area contributed by atoms with Gasteiger partial charge in [-0.3, -0.25) is 0 Å². The molecular formula is C16H26N2O. The normalized spacial score (nSPS) is 19.7. The Hall–Kier alpha value is -1.06. The molecule has 2 rings (SSSR count). The van der Waals surface area contributed by atoms with Gasteiger partial charge in [0.1, 0.15) is 0 Å². The minimum atomic E-state index is 0.374. The van der Waals surface area contributed by atoms with E-state index in [-0.39, 0.29) is 0 Å². The van der Waals surface area contributed by atoms with Crippen LogP contribution in [0.2, 0.25) is 0 Å². The second-order valence-corrected chi connectivity index (χ2v) is 5.37. The fourth-order valence-corrected chi connectivity index (χ4v) is 2.90. The molecule has 0 amide bonds. The number of nitrogens with zero attached hydrogens (tertiary/aromatic N) is 1. The van der Waals surface area contributed by atoms with E-state index < -0.39 is 0 Å². The summed E-state index contributed by atoms with van der Waals surface area (Å²) in [6.45, 7) is 7.92. The van der Waals surface area contributed by atoms with E-state index in [1.807, 2.05) is 0 Å². The van der Waals surface area contributed by atoms with Crippen LogP contribution in [0.5, 0.6) is 0 Å². The van der Waals surface area contributed by atoms with Crippen LogP contribution in [-0.2, 0) is 11.3 Å². The molecule has 1 heterocycles. The first-order valence-corrected chi connectivity index (χ1v) is 7.41. The molecule has 1 aliphatic heterocycles. The second kappa shape index (κ2) is 6.92. The molecule has 1 aromatic rings. The third-order valence-corrected chi connectivity index (χ3v) is 3.79. The van der Waals surface area contributed by atoms with Crippen LogP contribution in [-0.4, -0.2) is 25.8 Å². The summed E-state index contributed by atoms with van der Waals surface area (Å²) in [7, 11) is 0. The second-order valence-electron chi connectivity index (χ2n) is 5.37. The van der Waals surface area contributed by atoms with Gasteiger partial charge in [0.05, 0.1) is 6.10 Å². The van der Waals surface area contributed by atoms with Gasteiger partial charge in [0, 0.05) is 31.9 Å². The highest BCUT2D eigenvalue weighted by molar-refractivity contribution is 5.59. The average Bonchev–Trinajstić information content (AvgIpc) is 2.45. The van der Waals surface area contributed by atoms with Gasteiger partial charge in [-0.2, -0.15) is 0 Å². The third kappa shape index (κ3) is 3.48. The van der Waals surface area contributed by atoms with Crippen molar-refractivity contribution < 1.29 is 4.74 Å². The molecule has 1 saturated heterocycles. The number of rotatable bonds is 5. The Morgan fingerprint density at radius 3 is 3.00 bits per heavy atom. The van der Waals surface area contributed by atoms with Crippen molar-refractivity contribution in [3.8, 4) is 0 Å². The number of nitrogens with two attached hydrogens (primary N) is 1. The predicted octanol–water partition coefficient (Wildman–Crippen LogP) is 2.85. The van der Waals surface area contributed by atoms with Gasteiger partial charge in [-0.25, -0.2) is 0 Å². The van der Waals surface area contributed by atoms with Crippen LogP contribution in [0.15, 0.2) is 18.2 Å². The quantitative estimate of drug-likeness (QED) is 0.887. The lowest BCUT2D eigenvalue weighted by molar-refractivity contribution is 0.0440. The summed E-state index contributed by atoms with van der Waals surface area (Å²) in [5.74, 6) is 0. The highest BCUT2D eigenvalue weighted by atomic mass is 16.5. The summed E-state index contributed by atoms with van der Waals surface area (Å²) in [6, 6.07) is 6.40. The van der Waals surface area contributed by atoms with Crippen LogP contribution in [0, 0.1) is 6.92 Å². The van der Waals surface area contributed by atoms with E-state index in [1.54, 1.807) is 0 Å². The molecule has 3 nitrogen and oxygen atoms in total. The monoisotopic (exact) mass is 262 g/mol. The molecule has 2 N–H and O–H groups in total. The molecule has 0 aromatic heterocycles. The topological polar surface area (TPSA) is 38.5 Å². The number of hydrogen-bond donors (Lipinski definition) is 1. The number of hydrogen-bond acceptors (Lipinski definition) is 3. The van der Waals surface area contributed by atoms with Crippen LogP contribution >= 0.6 is 0 Å². The van der Waals surface area contributed by atoms with Crippen LogP contribution in [0.3, 0.4) is 0 Å². The minimum Gasteiger partial charge on any atom is -0.376 e. The van der Waals surface area contributed by atoms with Gasteiger partial charge in [-0.1, -0.05) is 25.1 Å². The third-order valence-electron chi connectivity index (χ3n) is 3.79. The molecule has 1 aromatic carbocycles. The maximum absolute atomic E-state index is 5.92. The van der Waals surface area contributed by atoms with Crippen molar-refractivity contribution >= 4 is 5.69 Å². The fraction of sp³-hybridized carbons (Fsp3) is 0.625. The number of anilines is 1. The maximum Gasteiger partial charge on any atom is 0.0750 e. The van der Waals surface area contributed by atoms with E-state index in [2.05, 4.69) is 36.9 Å². The molecule has 0 saturated carbocycles. The molecule has 0 radical (unpaired) electrons. The Kier molecular flexibility index (Phi) is 5.23. The van der Waals surface area contributed by atoms with Crippen molar-refractivity contribution in [1.29, 1.82) is 0 Å². The molecule has 0 bridgehead atoms. The summed E-state index contributed by atoms with van der Waals surface area (Å²) in [6.07, 6.45) is 3.85. The van der Waals surface area contributed by atoms with E-state index in [0.29, 0.717) is 12.6 Å². The summed E-state index contributed by atoms with van der Waals surface area (Å²) >= 11 is 0. The first kappa shape index (κ1) is 14.4. The molecule has 19 heavy (non-hydrogen) atoms. The van der Waals surface area contributed by atoms with Crippen molar-refractivity contribution in [2.45, 2.75) is 45.8 Å². The highest BCUT2D eigenvalue weighted by Crippen LogP contribution is 2.28. The summed E-state index contributed by atoms with van der Waals surface area (Å²) in [5.41, 5.74) is 9.78. The van der Waals surface area contributed by atoms with Gasteiger partial charge in [0.15, 0.2) is 0 Å². The van der Waals surface area contributed by atoms with Gasteiger partial charge >= 0.3 is 0 Å². The zero-order chi connectivity index (χ0) is 13.7. The van der Waals surface area contributed by atoms with E-state index in [9.17, 15) is 0 Å². The van der Waals surface area contributed by atoms with E-state index in [0.717, 1.165) is 26.1 Å². The van der Waals surface area contributed by atoms with Crippen LogP contribution in [0.25, 0.3) is 0 Å². The zero-order valence-electron chi connectivity index (χ0n) is 12.2. The number of aryl methyl sites for hydroxylation is 1. The lowest BCUT2D eigenvalue weighted by atomic mass is 10.0. The molecule has 106 valence electrons. The smallest absolute Gasteiger partial charge is 0.0750 e. The number of para-hydroxylation sites is 1. The van der Waals surface area contributed by atoms with Crippen molar-refractivity contribution in [1.82, 2.24) is 0 Å². The zero-order valence-corrected chi connectivity index (χ0v) is 12.2. The molecule has 1 fully saturated rings. The van der Waals surface area contributed by atoms with Crippen molar-refractivity contribution in [3.05, 3.63) is 29.3 Å². The molecule has 1 aliphatic rings. The predicted molar refractivity (Wildman–Crippen MR) is 80.5 cm³/mol. The van der Waals surface area contributed by atoms with Gasteiger partial charge < -0.3 is 15.4 Å². The Morgan fingerprint density at radius 2 is 2.26 bits per heavy atom. The Morgan fingerprint density at radius 1 is 1.42 bits per heavy atom. The van der Waals surface area contributed by atoms with Gasteiger partial charge in [0.2, 0.25) is 0 Å². The number of ether oxygens (including phenoxy) is 1. The van der Waals surface area contributed by atoms with E-state index in [4.69, 9.17) is 10.5 Å². The first-order valence-electron chi connectivity index (χ1n) is 7.41. The minimum absolute atomic E-state index is 0.374. The first-order chi connectivity index (χ1) is 9.26. The summed E-state index contributed by atoms with van der Waals surface area (Å²) in [5, 5.41) is 0. The van der Waals surface area contributed by atoms with Gasteiger partial charge in [-0.15, -0.1) is 0 Å². The van der Waals surface area contributed by atoms with E-state index >= 15 is 0 Å². The average molecular weight is 262 g/mol. The maximum atomic E-state index is 5.92. The molecule has 1 atom stereocenters. The largest absolute Gasteiger partial charge is 0.376 e. The number of piperidine rings is 1. The molecular weight excluding hydrogens is 236 g/mol. The van der Waals surface area contributed by atoms with Crippen LogP contribution in [0.1, 0.15) is 37.3 Å². The molecule has 3 heteroatoms. The summed E-state index contributed by atoms with van der Waals surface area (Å²) in [4.78, 5) is 2.46. The SMILES string of the molecule is CCCOC1CCCN(c2c(C)cccc2CN)C1. The van der Waals surface area contributed by atoms with Crippen molar-refractivity contribution in [2.75, 3.05) is 24.6 Å². The fourth-order valence-electron chi connectivity index (χ4n) is 2.90. The lowest BCUT2D eigenvalue weighted by Gasteiger charge is -2.36. The van der Waals surface area contributed by atoms with Crippen molar-refractivity contribution in [2.24, 2.45) is 5.73 Å². The van der Waals surface area contributed by atoms with Gasteiger partial charge in [0.25, 0.3) is 0 Å². The number of benzene rings is 1. The van der Waals surface area contributed by atoms with E-state index in [1.165, 1.54) is 29.7 Å². The van der Waals surface area contributed by atoms with Crippen molar-refractivity contribution in [3.63, 3.8) is 0 Å². The highest BCUT2D eigenvalue weighted by Gasteiger charge is 2.22.